The molecular weight excluding hydrogens is 209 g/mol. The van der Waals surface area contributed by atoms with Crippen LogP contribution in [-0.2, 0) is 0 Å². The van der Waals surface area contributed by atoms with Gasteiger partial charge in [0.2, 0.25) is 0 Å². The van der Waals surface area contributed by atoms with E-state index in [1.165, 1.54) is 6.08 Å². The van der Waals surface area contributed by atoms with Gasteiger partial charge in [0.15, 0.2) is 0 Å². The molecule has 0 aromatic heterocycles. The van der Waals surface area contributed by atoms with Crippen molar-refractivity contribution in [1.82, 2.24) is 0 Å². The van der Waals surface area contributed by atoms with Gasteiger partial charge < -0.3 is 0 Å². The van der Waals surface area contributed by atoms with Gasteiger partial charge in [0, 0.05) is 5.57 Å². The van der Waals surface area contributed by atoms with Crippen LogP contribution < -0.4 is 0 Å². The fourth-order valence-electron chi connectivity index (χ4n) is 0.629. The lowest BCUT2D eigenvalue weighted by Gasteiger charge is -2.04. The van der Waals surface area contributed by atoms with Gasteiger partial charge >= 0.3 is 6.18 Å². The zero-order chi connectivity index (χ0) is 11.2. The van der Waals surface area contributed by atoms with E-state index in [4.69, 9.17) is 0 Å². The number of thioether (sulfide) groups is 1. The molecule has 0 aliphatic carbocycles. The predicted octanol–water partition coefficient (Wildman–Crippen LogP) is 3.97. The fourth-order valence-corrected chi connectivity index (χ4v) is 1.10. The normalized spacial score (nSPS) is 12.0. The van der Waals surface area contributed by atoms with Crippen LogP contribution in [0.4, 0.5) is 13.2 Å². The molecule has 0 aliphatic heterocycles. The molecule has 0 nitrogen and oxygen atoms in total. The Morgan fingerprint density at radius 1 is 1.29 bits per heavy atom. The third-order valence-electron chi connectivity index (χ3n) is 1.51. The minimum Gasteiger partial charge on any atom is -0.166 e. The first-order valence-electron chi connectivity index (χ1n) is 3.99. The van der Waals surface area contributed by atoms with Crippen molar-refractivity contribution >= 4 is 11.8 Å². The van der Waals surface area contributed by atoms with E-state index in [1.54, 1.807) is 11.8 Å². The summed E-state index contributed by atoms with van der Waals surface area (Å²) in [5.74, 6) is 0.863. The van der Waals surface area contributed by atoms with E-state index in [2.05, 4.69) is 13.2 Å². The molecule has 80 valence electrons. The quantitative estimate of drug-likeness (QED) is 0.634. The highest BCUT2D eigenvalue weighted by Crippen LogP contribution is 2.25. The Morgan fingerprint density at radius 2 is 1.86 bits per heavy atom. The van der Waals surface area contributed by atoms with Crippen molar-refractivity contribution < 1.29 is 13.2 Å². The Balaban J connectivity index is 4.05. The van der Waals surface area contributed by atoms with Gasteiger partial charge in [-0.15, -0.1) is 0 Å². The molecule has 0 N–H and O–H groups in total. The lowest BCUT2D eigenvalue weighted by molar-refractivity contribution is -0.0878. The van der Waals surface area contributed by atoms with Crippen LogP contribution >= 0.6 is 11.8 Å². The molecule has 0 heterocycles. The second-order valence-electron chi connectivity index (χ2n) is 2.76. The minimum absolute atomic E-state index is 0.685. The molecule has 14 heavy (non-hydrogen) atoms. The zero-order valence-corrected chi connectivity index (χ0v) is 8.84. The van der Waals surface area contributed by atoms with Gasteiger partial charge in [0.1, 0.15) is 0 Å². The average Bonchev–Trinajstić information content (AvgIpc) is 2.09. The molecule has 0 fully saturated rings. The number of alkyl halides is 3. The van der Waals surface area contributed by atoms with Crippen LogP contribution in [0.3, 0.4) is 0 Å². The van der Waals surface area contributed by atoms with Crippen LogP contribution in [-0.4, -0.2) is 18.2 Å². The predicted molar refractivity (Wildman–Crippen MR) is 56.5 cm³/mol. The highest BCUT2D eigenvalue weighted by molar-refractivity contribution is 7.98. The molecule has 0 atom stereocenters. The van der Waals surface area contributed by atoms with Crippen molar-refractivity contribution in [1.29, 1.82) is 0 Å². The van der Waals surface area contributed by atoms with Crippen molar-refractivity contribution in [2.45, 2.75) is 12.6 Å². The minimum atomic E-state index is -4.34. The summed E-state index contributed by atoms with van der Waals surface area (Å²) in [5.41, 5.74) is -0.160. The summed E-state index contributed by atoms with van der Waals surface area (Å²) in [7, 11) is 0. The molecule has 0 spiro atoms. The Hall–Kier alpha value is -0.640. The van der Waals surface area contributed by atoms with E-state index < -0.39 is 11.7 Å². The highest BCUT2D eigenvalue weighted by atomic mass is 32.2. The maximum Gasteiger partial charge on any atom is 0.415 e. The summed E-state index contributed by atoms with van der Waals surface area (Å²) in [5, 5.41) is 0. The number of allylic oxidation sites excluding steroid dienone is 4. The van der Waals surface area contributed by atoms with Crippen LogP contribution in [0.25, 0.3) is 0 Å². The van der Waals surface area contributed by atoms with Crippen LogP contribution in [0.15, 0.2) is 36.5 Å². The topological polar surface area (TPSA) is 0 Å². The lowest BCUT2D eigenvalue weighted by atomic mass is 10.2. The van der Waals surface area contributed by atoms with Crippen LogP contribution in [0, 0.1) is 0 Å². The Morgan fingerprint density at radius 3 is 2.29 bits per heavy atom. The molecule has 0 aliphatic rings. The monoisotopic (exact) mass is 222 g/mol. The number of halogens is 3. The summed E-state index contributed by atoms with van der Waals surface area (Å²) in [6.07, 6.45) is 0.624. The molecule has 0 amide bonds. The molecule has 0 bridgehead atoms. The smallest absolute Gasteiger partial charge is 0.166 e. The third-order valence-corrected chi connectivity index (χ3v) is 2.12. The zero-order valence-electron chi connectivity index (χ0n) is 8.03. The molecule has 4 heteroatoms. The van der Waals surface area contributed by atoms with Crippen molar-refractivity contribution in [2.24, 2.45) is 0 Å². The second-order valence-corrected chi connectivity index (χ2v) is 3.74. The van der Waals surface area contributed by atoms with Crippen molar-refractivity contribution in [2.75, 3.05) is 12.0 Å². The molecule has 0 saturated heterocycles. The van der Waals surface area contributed by atoms with E-state index >= 15 is 0 Å². The van der Waals surface area contributed by atoms with Crippen molar-refractivity contribution in [3.63, 3.8) is 0 Å². The summed E-state index contributed by atoms with van der Waals surface area (Å²) < 4.78 is 35.9. The Bertz CT molecular complexity index is 238. The lowest BCUT2D eigenvalue weighted by Crippen LogP contribution is -2.08. The maximum atomic E-state index is 12.0. The Labute approximate surface area is 86.6 Å². The second kappa shape index (κ2) is 5.96. The largest absolute Gasteiger partial charge is 0.415 e. The van der Waals surface area contributed by atoms with E-state index in [0.29, 0.717) is 12.0 Å². The van der Waals surface area contributed by atoms with E-state index in [1.807, 2.05) is 6.26 Å². The highest BCUT2D eigenvalue weighted by Gasteiger charge is 2.29. The molecule has 0 unspecified atom stereocenters. The number of rotatable bonds is 5. The maximum absolute atomic E-state index is 12.0. The average molecular weight is 222 g/mol. The van der Waals surface area contributed by atoms with E-state index in [-0.39, 0.29) is 0 Å². The molecule has 0 aromatic rings. The van der Waals surface area contributed by atoms with Crippen LogP contribution in [0.2, 0.25) is 0 Å². The Kier molecular flexibility index (Phi) is 5.69. The fraction of sp³-hybridized carbons (Fsp3) is 0.400. The summed E-state index contributed by atoms with van der Waals surface area (Å²) in [6, 6.07) is 0. The van der Waals surface area contributed by atoms with Crippen molar-refractivity contribution in [3.8, 4) is 0 Å². The molecule has 0 aromatic carbocycles. The standard InChI is InChI=1S/C10H13F3S/c1-8(6-7-14-3)4-5-9(2)10(11,12)13/h4-5H,1-2,6-7H2,3H3/b5-4-. The van der Waals surface area contributed by atoms with Gasteiger partial charge in [-0.05, 0) is 18.4 Å². The van der Waals surface area contributed by atoms with Crippen molar-refractivity contribution in [3.05, 3.63) is 36.5 Å². The van der Waals surface area contributed by atoms with Gasteiger partial charge in [-0.3, -0.25) is 0 Å². The summed E-state index contributed by atoms with van der Waals surface area (Å²) in [6.45, 7) is 6.56. The number of hydrogen-bond donors (Lipinski definition) is 0. The first-order chi connectivity index (χ1) is 6.38. The third kappa shape index (κ3) is 5.91. The summed E-state index contributed by atoms with van der Waals surface area (Å²) in [4.78, 5) is 0. The molecule has 0 saturated carbocycles. The van der Waals surface area contributed by atoms with Gasteiger partial charge in [-0.1, -0.05) is 30.9 Å². The first-order valence-corrected chi connectivity index (χ1v) is 5.38. The molecule has 0 radical (unpaired) electrons. The van der Waals surface area contributed by atoms with Gasteiger partial charge in [-0.2, -0.15) is 24.9 Å². The van der Waals surface area contributed by atoms with Crippen LogP contribution in [0.1, 0.15) is 6.42 Å². The van der Waals surface area contributed by atoms with Crippen LogP contribution in [0.5, 0.6) is 0 Å². The molecular formula is C10H13F3S. The van der Waals surface area contributed by atoms with Gasteiger partial charge in [-0.25, -0.2) is 0 Å². The van der Waals surface area contributed by atoms with Gasteiger partial charge in [0.25, 0.3) is 0 Å². The first kappa shape index (κ1) is 13.4. The SMILES string of the molecule is C=C(/C=C\C(=C)C(F)(F)F)CCSC. The van der Waals surface area contributed by atoms with Gasteiger partial charge in [0.05, 0.1) is 0 Å². The molecule has 0 rings (SSSR count). The van der Waals surface area contributed by atoms with E-state index in [0.717, 1.165) is 11.8 Å². The number of hydrogen-bond acceptors (Lipinski definition) is 1. The summed E-state index contributed by atoms with van der Waals surface area (Å²) >= 11 is 1.63. The van der Waals surface area contributed by atoms with E-state index in [9.17, 15) is 13.2 Å².